The van der Waals surface area contributed by atoms with Gasteiger partial charge in [-0.2, -0.15) is 0 Å². The first-order valence-electron chi connectivity index (χ1n) is 7.11. The van der Waals surface area contributed by atoms with Crippen LogP contribution in [-0.4, -0.2) is 0 Å². The van der Waals surface area contributed by atoms with Gasteiger partial charge < -0.3 is 0 Å². The third kappa shape index (κ3) is 2.68. The molecule has 0 heterocycles. The van der Waals surface area contributed by atoms with Crippen molar-refractivity contribution in [2.75, 3.05) is 0 Å². The van der Waals surface area contributed by atoms with E-state index in [-0.39, 0.29) is 0 Å². The maximum atomic E-state index is 6.48. The molecule has 0 spiro atoms. The summed E-state index contributed by atoms with van der Waals surface area (Å²) in [5.41, 5.74) is 1.93. The van der Waals surface area contributed by atoms with Gasteiger partial charge >= 0.3 is 0 Å². The standard InChI is InChI=1S/C20H10Cl3/c21-16-5-3-12-9-15(2-1-13(12)10-16)20-18-7-6-17(22)11-14(18)4-8-19(20)23/h1-8,10-11H. The molecule has 0 aliphatic heterocycles. The van der Waals surface area contributed by atoms with Crippen LogP contribution in [0.2, 0.25) is 15.1 Å². The van der Waals surface area contributed by atoms with Crippen molar-refractivity contribution in [1.82, 2.24) is 0 Å². The average Bonchev–Trinajstić information content (AvgIpc) is 2.54. The van der Waals surface area contributed by atoms with Crippen LogP contribution in [0.15, 0.2) is 60.7 Å². The molecule has 111 valence electrons. The van der Waals surface area contributed by atoms with Crippen LogP contribution >= 0.6 is 34.8 Å². The zero-order valence-corrected chi connectivity index (χ0v) is 14.2. The quantitative estimate of drug-likeness (QED) is 0.333. The molecule has 0 aromatic heterocycles. The molecule has 0 saturated carbocycles. The summed E-state index contributed by atoms with van der Waals surface area (Å²) in [4.78, 5) is 0. The smallest absolute Gasteiger partial charge is 0.0491 e. The monoisotopic (exact) mass is 355 g/mol. The highest BCUT2D eigenvalue weighted by atomic mass is 35.5. The highest BCUT2D eigenvalue weighted by molar-refractivity contribution is 6.35. The van der Waals surface area contributed by atoms with Crippen LogP contribution in [-0.2, 0) is 0 Å². The molecule has 4 aromatic rings. The lowest BCUT2D eigenvalue weighted by Gasteiger charge is -2.11. The molecule has 0 saturated heterocycles. The van der Waals surface area contributed by atoms with Crippen molar-refractivity contribution in [1.29, 1.82) is 0 Å². The van der Waals surface area contributed by atoms with E-state index in [1.165, 1.54) is 0 Å². The molecule has 0 amide bonds. The largest absolute Gasteiger partial charge is 0.0843 e. The number of halogens is 3. The lowest BCUT2D eigenvalue weighted by molar-refractivity contribution is 1.67. The van der Waals surface area contributed by atoms with Gasteiger partial charge in [-0.05, 0) is 63.5 Å². The molecule has 0 fully saturated rings. The Morgan fingerprint density at radius 2 is 1.35 bits per heavy atom. The summed E-state index contributed by atoms with van der Waals surface area (Å²) in [6, 6.07) is 23.0. The van der Waals surface area contributed by atoms with E-state index in [1.54, 1.807) is 0 Å². The summed E-state index contributed by atoms with van der Waals surface area (Å²) in [5, 5.41) is 6.31. The van der Waals surface area contributed by atoms with Gasteiger partial charge in [0.05, 0.1) is 0 Å². The summed E-state index contributed by atoms with van der Waals surface area (Å²) in [5.74, 6) is 0. The molecule has 3 heteroatoms. The van der Waals surface area contributed by atoms with Gasteiger partial charge in [0.1, 0.15) is 0 Å². The highest BCUT2D eigenvalue weighted by Crippen LogP contribution is 2.37. The fraction of sp³-hybridized carbons (Fsp3) is 0. The molecule has 0 nitrogen and oxygen atoms in total. The lowest BCUT2D eigenvalue weighted by Crippen LogP contribution is -1.85. The maximum Gasteiger partial charge on any atom is 0.0491 e. The minimum atomic E-state index is 0.699. The predicted molar refractivity (Wildman–Crippen MR) is 101 cm³/mol. The Kier molecular flexibility index (Phi) is 3.69. The fourth-order valence-corrected chi connectivity index (χ4v) is 3.47. The SMILES string of the molecule is Clc1ccc2[c]c(-c3c(Cl)ccc4cc(Cl)ccc34)ccc2c1. The summed E-state index contributed by atoms with van der Waals surface area (Å²) in [6.07, 6.45) is 0. The van der Waals surface area contributed by atoms with E-state index in [1.807, 2.05) is 60.7 Å². The first-order valence-corrected chi connectivity index (χ1v) is 8.25. The maximum absolute atomic E-state index is 6.48. The molecule has 0 aliphatic carbocycles. The van der Waals surface area contributed by atoms with Gasteiger partial charge in [-0.1, -0.05) is 65.1 Å². The van der Waals surface area contributed by atoms with Crippen molar-refractivity contribution >= 4 is 56.3 Å². The van der Waals surface area contributed by atoms with Crippen LogP contribution in [0.4, 0.5) is 0 Å². The van der Waals surface area contributed by atoms with E-state index in [0.29, 0.717) is 10.0 Å². The second-order valence-electron chi connectivity index (χ2n) is 5.39. The van der Waals surface area contributed by atoms with Crippen molar-refractivity contribution in [2.45, 2.75) is 0 Å². The summed E-state index contributed by atoms with van der Waals surface area (Å²) >= 11 is 18.6. The molecular weight excluding hydrogens is 347 g/mol. The molecule has 4 aromatic carbocycles. The Balaban J connectivity index is 2.01. The Hall–Kier alpha value is -1.73. The second-order valence-corrected chi connectivity index (χ2v) is 6.67. The van der Waals surface area contributed by atoms with Gasteiger partial charge in [-0.15, -0.1) is 0 Å². The van der Waals surface area contributed by atoms with Crippen LogP contribution in [0.5, 0.6) is 0 Å². The van der Waals surface area contributed by atoms with Gasteiger partial charge in [0.15, 0.2) is 0 Å². The van der Waals surface area contributed by atoms with Crippen molar-refractivity contribution < 1.29 is 0 Å². The fourth-order valence-electron chi connectivity index (χ4n) is 2.84. The summed E-state index contributed by atoms with van der Waals surface area (Å²) in [6.45, 7) is 0. The van der Waals surface area contributed by atoms with E-state index in [0.717, 1.165) is 37.7 Å². The van der Waals surface area contributed by atoms with Gasteiger partial charge in [0.2, 0.25) is 0 Å². The first-order chi connectivity index (χ1) is 11.1. The van der Waals surface area contributed by atoms with Crippen LogP contribution in [0.25, 0.3) is 32.7 Å². The Morgan fingerprint density at radius 3 is 2.17 bits per heavy atom. The molecule has 0 atom stereocenters. The van der Waals surface area contributed by atoms with E-state index in [9.17, 15) is 0 Å². The minimum absolute atomic E-state index is 0.699. The van der Waals surface area contributed by atoms with E-state index >= 15 is 0 Å². The van der Waals surface area contributed by atoms with Crippen LogP contribution in [0, 0.1) is 6.07 Å². The van der Waals surface area contributed by atoms with Crippen molar-refractivity contribution in [2.24, 2.45) is 0 Å². The topological polar surface area (TPSA) is 0 Å². The minimum Gasteiger partial charge on any atom is -0.0843 e. The van der Waals surface area contributed by atoms with E-state index in [2.05, 4.69) is 6.07 Å². The van der Waals surface area contributed by atoms with Crippen molar-refractivity contribution in [3.8, 4) is 11.1 Å². The molecule has 4 rings (SSSR count). The zero-order chi connectivity index (χ0) is 16.0. The van der Waals surface area contributed by atoms with Crippen LogP contribution in [0.3, 0.4) is 0 Å². The molecule has 1 radical (unpaired) electrons. The number of benzene rings is 4. The first kappa shape index (κ1) is 14.8. The van der Waals surface area contributed by atoms with Crippen LogP contribution < -0.4 is 0 Å². The average molecular weight is 357 g/mol. The molecule has 0 N–H and O–H groups in total. The van der Waals surface area contributed by atoms with Crippen molar-refractivity contribution in [3.63, 3.8) is 0 Å². The predicted octanol–water partition coefficient (Wildman–Crippen LogP) is 7.42. The zero-order valence-electron chi connectivity index (χ0n) is 11.9. The third-order valence-corrected chi connectivity index (χ3v) is 4.70. The number of fused-ring (bicyclic) bond motifs is 2. The lowest BCUT2D eigenvalue weighted by atomic mass is 9.96. The number of rotatable bonds is 1. The van der Waals surface area contributed by atoms with Gasteiger partial charge in [-0.3, -0.25) is 0 Å². The summed E-state index contributed by atoms with van der Waals surface area (Å²) < 4.78 is 0. The van der Waals surface area contributed by atoms with Gasteiger partial charge in [0.25, 0.3) is 0 Å². The Labute approximate surface area is 149 Å². The number of hydrogen-bond donors (Lipinski definition) is 0. The highest BCUT2D eigenvalue weighted by Gasteiger charge is 2.10. The van der Waals surface area contributed by atoms with E-state index < -0.39 is 0 Å². The van der Waals surface area contributed by atoms with Gasteiger partial charge in [-0.25, -0.2) is 0 Å². The number of hydrogen-bond acceptors (Lipinski definition) is 0. The van der Waals surface area contributed by atoms with Crippen molar-refractivity contribution in [3.05, 3.63) is 81.8 Å². The Morgan fingerprint density at radius 1 is 0.652 bits per heavy atom. The third-order valence-electron chi connectivity index (χ3n) is 3.91. The second kappa shape index (κ2) is 5.72. The Bertz CT molecular complexity index is 1050. The van der Waals surface area contributed by atoms with Crippen LogP contribution in [0.1, 0.15) is 0 Å². The van der Waals surface area contributed by atoms with E-state index in [4.69, 9.17) is 34.8 Å². The molecular formula is C20H10Cl3. The molecule has 23 heavy (non-hydrogen) atoms. The molecule has 0 aliphatic rings. The summed E-state index contributed by atoms with van der Waals surface area (Å²) in [7, 11) is 0. The molecule has 0 bridgehead atoms. The van der Waals surface area contributed by atoms with Gasteiger partial charge in [0, 0.05) is 20.6 Å². The molecule has 0 unspecified atom stereocenters. The normalized spacial score (nSPS) is 11.3.